The molecule has 0 saturated carbocycles. The van der Waals surface area contributed by atoms with Gasteiger partial charge in [0, 0.05) is 0 Å². The van der Waals surface area contributed by atoms with Gasteiger partial charge in [-0.3, -0.25) is 0 Å². The summed E-state index contributed by atoms with van der Waals surface area (Å²) in [5.41, 5.74) is 0.534. The van der Waals surface area contributed by atoms with Gasteiger partial charge in [-0.2, -0.15) is 0 Å². The highest BCUT2D eigenvalue weighted by atomic mass is 16.6. The average Bonchev–Trinajstić information content (AvgIpc) is 3.31. The van der Waals surface area contributed by atoms with Crippen LogP contribution < -0.4 is 0 Å². The van der Waals surface area contributed by atoms with Crippen molar-refractivity contribution >= 4 is 35.8 Å². The number of hydrogen-bond donors (Lipinski definition) is 0. The van der Waals surface area contributed by atoms with Crippen molar-refractivity contribution in [1.29, 1.82) is 0 Å². The van der Waals surface area contributed by atoms with E-state index in [-0.39, 0.29) is 33.4 Å². The highest BCUT2D eigenvalue weighted by Gasteiger charge is 2.46. The second-order valence-corrected chi connectivity index (χ2v) is 13.0. The molecule has 0 amide bonds. The van der Waals surface area contributed by atoms with E-state index in [1.54, 1.807) is 109 Å². The molecule has 0 aromatic heterocycles. The number of rotatable bonds is 17. The van der Waals surface area contributed by atoms with Gasteiger partial charge in [0.15, 0.2) is 24.4 Å². The molecule has 0 saturated heterocycles. The van der Waals surface area contributed by atoms with Crippen molar-refractivity contribution in [3.05, 3.63) is 215 Å². The van der Waals surface area contributed by atoms with Crippen LogP contribution in [0.5, 0.6) is 0 Å². The third-order valence-electron chi connectivity index (χ3n) is 8.87. The van der Waals surface area contributed by atoms with Crippen LogP contribution in [0.1, 0.15) is 62.1 Å². The molecule has 6 aromatic carbocycles. The molecule has 4 atom stereocenters. The van der Waals surface area contributed by atoms with E-state index in [1.165, 1.54) is 72.8 Å². The van der Waals surface area contributed by atoms with E-state index < -0.39 is 73.4 Å². The first kappa shape index (κ1) is 41.8. The molecule has 0 fully saturated rings. The Morgan fingerprint density at radius 2 is 0.483 bits per heavy atom. The SMILES string of the molecule is O=C(OC[C@H](OC(=O)c1ccccc1)[C@@H](OC(=O)c1ccccc1)[C@H](OC(=O)c1ccccc1)[C@H](COC(=O)c1ccccc1)OC(=O)c1ccccc1)c1ccccc1. The summed E-state index contributed by atoms with van der Waals surface area (Å²) in [6.45, 7) is -1.52. The smallest absolute Gasteiger partial charge is 0.338 e. The second-order valence-electron chi connectivity index (χ2n) is 13.0. The number of esters is 6. The van der Waals surface area contributed by atoms with Crippen LogP contribution in [0.3, 0.4) is 0 Å². The van der Waals surface area contributed by atoms with Crippen LogP contribution in [-0.2, 0) is 28.4 Å². The predicted octanol–water partition coefficient (Wildman–Crippen LogP) is 7.60. The summed E-state index contributed by atoms with van der Waals surface area (Å²) < 4.78 is 35.6. The first-order valence-electron chi connectivity index (χ1n) is 18.8. The van der Waals surface area contributed by atoms with E-state index in [0.717, 1.165) is 0 Å². The Labute approximate surface area is 345 Å². The Morgan fingerprint density at radius 1 is 0.283 bits per heavy atom. The van der Waals surface area contributed by atoms with E-state index in [4.69, 9.17) is 28.4 Å². The van der Waals surface area contributed by atoms with Crippen LogP contribution in [0.2, 0.25) is 0 Å². The lowest BCUT2D eigenvalue weighted by molar-refractivity contribution is -0.138. The third kappa shape index (κ3) is 11.6. The van der Waals surface area contributed by atoms with Crippen LogP contribution in [0.25, 0.3) is 0 Å². The van der Waals surface area contributed by atoms with E-state index in [1.807, 2.05) is 0 Å². The van der Waals surface area contributed by atoms with Crippen LogP contribution in [-0.4, -0.2) is 73.4 Å². The first-order valence-corrected chi connectivity index (χ1v) is 18.8. The maximum Gasteiger partial charge on any atom is 0.338 e. The van der Waals surface area contributed by atoms with E-state index in [0.29, 0.717) is 0 Å². The molecular formula is C48H38O12. The van der Waals surface area contributed by atoms with Crippen LogP contribution in [0.15, 0.2) is 182 Å². The largest absolute Gasteiger partial charge is 0.458 e. The minimum absolute atomic E-state index is 0.0402. The molecule has 0 bridgehead atoms. The van der Waals surface area contributed by atoms with Gasteiger partial charge in [-0.25, -0.2) is 28.8 Å². The highest BCUT2D eigenvalue weighted by Crippen LogP contribution is 2.25. The highest BCUT2D eigenvalue weighted by molar-refractivity contribution is 5.93. The molecule has 60 heavy (non-hydrogen) atoms. The Kier molecular flexibility index (Phi) is 14.7. The summed E-state index contributed by atoms with van der Waals surface area (Å²) in [5, 5.41) is 0. The van der Waals surface area contributed by atoms with E-state index >= 15 is 0 Å². The summed E-state index contributed by atoms with van der Waals surface area (Å²) in [6.07, 6.45) is -7.33. The summed E-state index contributed by atoms with van der Waals surface area (Å²) >= 11 is 0. The van der Waals surface area contributed by atoms with E-state index in [9.17, 15) is 28.8 Å². The standard InChI is InChI=1S/C48H38O12/c49-43(33-19-7-1-8-20-33)55-31-39(57-45(51)35-23-11-3-12-24-35)41(59-47(53)37-27-15-5-16-28-37)42(60-48(54)38-29-17-6-18-30-38)40(58-46(52)36-25-13-4-14-26-36)32-56-44(50)34-21-9-2-10-22-34/h1-30,39-42H,31-32H2/t39-,40-,41+,42+/m0/s1. The van der Waals surface area contributed by atoms with Gasteiger partial charge in [-0.05, 0) is 72.8 Å². The number of benzene rings is 6. The normalized spacial score (nSPS) is 12.6. The van der Waals surface area contributed by atoms with Gasteiger partial charge >= 0.3 is 35.8 Å². The monoisotopic (exact) mass is 806 g/mol. The summed E-state index contributed by atoms with van der Waals surface area (Å²) in [5.74, 6) is -5.48. The molecule has 12 nitrogen and oxygen atoms in total. The number of carbonyl (C=O) groups excluding carboxylic acids is 6. The van der Waals surface area contributed by atoms with Crippen molar-refractivity contribution < 1.29 is 57.2 Å². The molecule has 0 radical (unpaired) electrons. The molecular weight excluding hydrogens is 769 g/mol. The van der Waals surface area contributed by atoms with Crippen molar-refractivity contribution in [2.45, 2.75) is 24.4 Å². The molecule has 0 aliphatic heterocycles. The Bertz CT molecular complexity index is 2170. The summed E-state index contributed by atoms with van der Waals surface area (Å²) in [7, 11) is 0. The maximum atomic E-state index is 14.0. The fourth-order valence-corrected chi connectivity index (χ4v) is 5.82. The van der Waals surface area contributed by atoms with Crippen molar-refractivity contribution in [3.8, 4) is 0 Å². The summed E-state index contributed by atoms with van der Waals surface area (Å²) in [6, 6.07) is 47.1. The van der Waals surface area contributed by atoms with Gasteiger partial charge in [0.1, 0.15) is 13.2 Å². The van der Waals surface area contributed by atoms with Gasteiger partial charge in [0.05, 0.1) is 33.4 Å². The topological polar surface area (TPSA) is 158 Å². The summed E-state index contributed by atoms with van der Waals surface area (Å²) in [4.78, 5) is 82.5. The molecule has 0 spiro atoms. The molecule has 0 N–H and O–H groups in total. The van der Waals surface area contributed by atoms with Crippen molar-refractivity contribution in [2.75, 3.05) is 13.2 Å². The molecule has 302 valence electrons. The fourth-order valence-electron chi connectivity index (χ4n) is 5.82. The van der Waals surface area contributed by atoms with Gasteiger partial charge in [0.2, 0.25) is 0 Å². The zero-order valence-corrected chi connectivity index (χ0v) is 31.9. The van der Waals surface area contributed by atoms with Gasteiger partial charge in [0.25, 0.3) is 0 Å². The van der Waals surface area contributed by atoms with Gasteiger partial charge in [-0.1, -0.05) is 109 Å². The molecule has 0 aliphatic rings. The zero-order valence-electron chi connectivity index (χ0n) is 31.9. The quantitative estimate of drug-likeness (QED) is 0.0658. The predicted molar refractivity (Wildman–Crippen MR) is 216 cm³/mol. The van der Waals surface area contributed by atoms with Crippen LogP contribution in [0, 0.1) is 0 Å². The Hall–Kier alpha value is -7.86. The molecule has 12 heteroatoms. The number of hydrogen-bond acceptors (Lipinski definition) is 12. The molecule has 6 aromatic rings. The number of carbonyl (C=O) groups is 6. The number of ether oxygens (including phenoxy) is 6. The lowest BCUT2D eigenvalue weighted by atomic mass is 10.0. The molecule has 0 aliphatic carbocycles. The minimum atomic E-state index is -1.91. The lowest BCUT2D eigenvalue weighted by Crippen LogP contribution is -2.54. The molecule has 6 rings (SSSR count). The first-order chi connectivity index (χ1) is 29.3. The van der Waals surface area contributed by atoms with Gasteiger partial charge in [-0.15, -0.1) is 0 Å². The van der Waals surface area contributed by atoms with Crippen molar-refractivity contribution in [2.24, 2.45) is 0 Å². The fraction of sp³-hybridized carbons (Fsp3) is 0.125. The third-order valence-corrected chi connectivity index (χ3v) is 8.87. The Balaban J connectivity index is 1.48. The van der Waals surface area contributed by atoms with Crippen molar-refractivity contribution in [1.82, 2.24) is 0 Å². The van der Waals surface area contributed by atoms with E-state index in [2.05, 4.69) is 0 Å². The average molecular weight is 807 g/mol. The zero-order chi connectivity index (χ0) is 42.1. The second kappa shape index (κ2) is 21.1. The van der Waals surface area contributed by atoms with Crippen molar-refractivity contribution in [3.63, 3.8) is 0 Å². The van der Waals surface area contributed by atoms with Crippen LogP contribution in [0.4, 0.5) is 0 Å². The minimum Gasteiger partial charge on any atom is -0.458 e. The Morgan fingerprint density at radius 3 is 0.717 bits per heavy atom. The van der Waals surface area contributed by atoms with Crippen LogP contribution >= 0.6 is 0 Å². The van der Waals surface area contributed by atoms with Gasteiger partial charge < -0.3 is 28.4 Å². The molecule has 0 unspecified atom stereocenters. The maximum absolute atomic E-state index is 14.0. The lowest BCUT2D eigenvalue weighted by Gasteiger charge is -2.35. The molecule has 0 heterocycles.